The van der Waals surface area contributed by atoms with E-state index in [2.05, 4.69) is 0 Å². The smallest absolute Gasteiger partial charge is 0.364 e. The van der Waals surface area contributed by atoms with Gasteiger partial charge in [-0.2, -0.15) is 0 Å². The van der Waals surface area contributed by atoms with Crippen molar-refractivity contribution in [3.63, 3.8) is 0 Å². The summed E-state index contributed by atoms with van der Waals surface area (Å²) in [5, 5.41) is 21.1. The molecule has 0 amide bonds. The van der Waals surface area contributed by atoms with E-state index in [1.807, 2.05) is 19.2 Å². The predicted molar refractivity (Wildman–Crippen MR) is 64.2 cm³/mol. The van der Waals surface area contributed by atoms with Gasteiger partial charge in [-0.25, -0.2) is 4.79 Å². The normalized spacial score (nSPS) is 21.2. The molecule has 4 N–H and O–H groups in total. The van der Waals surface area contributed by atoms with E-state index in [4.69, 9.17) is 4.74 Å². The van der Waals surface area contributed by atoms with E-state index in [-0.39, 0.29) is 29.0 Å². The minimum absolute atomic E-state index is 0.133. The number of fused-ring (bicyclic) bond motifs is 1. The van der Waals surface area contributed by atoms with E-state index in [1.54, 1.807) is 6.07 Å². The quantitative estimate of drug-likeness (QED) is 0.485. The number of rotatable bonds is 1. The van der Waals surface area contributed by atoms with E-state index in [0.29, 0.717) is 6.42 Å². The molecular weight excluding hydrogens is 234 g/mol. The number of hydrogen-bond acceptors (Lipinski definition) is 4. The minimum Gasteiger partial charge on any atom is -0.504 e. The molecule has 0 aliphatic carbocycles. The zero-order valence-electron chi connectivity index (χ0n) is 10.7. The molecule has 1 aromatic carbocycles. The maximum atomic E-state index is 11.7. The largest absolute Gasteiger partial charge is 0.504 e. The summed E-state index contributed by atoms with van der Waals surface area (Å²) in [6.45, 7) is 3.94. The standard InChI is InChI=1S/C13H17NO4/c1-13(2)8-6-11(16)10(15)5-7(8)4-9(14-13)12(17)18-3/h5-6,9,14-16H,4H2,1-3H3/p+1. The van der Waals surface area contributed by atoms with Gasteiger partial charge in [0.05, 0.1) is 7.11 Å². The van der Waals surface area contributed by atoms with Crippen LogP contribution in [0.25, 0.3) is 0 Å². The number of carbonyl (C=O) groups excluding carboxylic acids is 1. The maximum absolute atomic E-state index is 11.7. The number of aromatic hydroxyl groups is 2. The van der Waals surface area contributed by atoms with Gasteiger partial charge in [0, 0.05) is 12.0 Å². The predicted octanol–water partition coefficient (Wildman–Crippen LogP) is -0.00600. The minimum atomic E-state index is -0.350. The number of esters is 1. The summed E-state index contributed by atoms with van der Waals surface area (Å²) in [6, 6.07) is 2.77. The third-order valence-corrected chi connectivity index (χ3v) is 3.46. The van der Waals surface area contributed by atoms with Crippen LogP contribution in [0.5, 0.6) is 11.5 Å². The SMILES string of the molecule is COC(=O)C1Cc2cc(O)c(O)cc2C(C)(C)[NH2+]1. The first kappa shape index (κ1) is 12.7. The topological polar surface area (TPSA) is 83.4 Å². The molecule has 1 heterocycles. The van der Waals surface area contributed by atoms with E-state index in [1.165, 1.54) is 13.2 Å². The lowest BCUT2D eigenvalue weighted by Gasteiger charge is -2.34. The third-order valence-electron chi connectivity index (χ3n) is 3.46. The molecule has 0 spiro atoms. The highest BCUT2D eigenvalue weighted by Crippen LogP contribution is 2.34. The Balaban J connectivity index is 2.46. The molecule has 1 unspecified atom stereocenters. The summed E-state index contributed by atoms with van der Waals surface area (Å²) in [7, 11) is 1.37. The number of phenolic OH excluding ortho intramolecular Hbond substituents is 2. The van der Waals surface area contributed by atoms with Gasteiger partial charge >= 0.3 is 5.97 Å². The molecule has 0 aromatic heterocycles. The summed E-state index contributed by atoms with van der Waals surface area (Å²) in [5.41, 5.74) is 1.45. The van der Waals surface area contributed by atoms with Crippen LogP contribution in [0.2, 0.25) is 0 Å². The van der Waals surface area contributed by atoms with Crippen LogP contribution in [0.1, 0.15) is 25.0 Å². The Labute approximate surface area is 105 Å². The Morgan fingerprint density at radius 1 is 1.39 bits per heavy atom. The van der Waals surface area contributed by atoms with Crippen molar-refractivity contribution in [3.8, 4) is 11.5 Å². The van der Waals surface area contributed by atoms with Gasteiger partial charge in [-0.3, -0.25) is 0 Å². The van der Waals surface area contributed by atoms with Crippen molar-refractivity contribution in [3.05, 3.63) is 23.3 Å². The summed E-state index contributed by atoms with van der Waals surface area (Å²) >= 11 is 0. The van der Waals surface area contributed by atoms with E-state index < -0.39 is 0 Å². The molecule has 18 heavy (non-hydrogen) atoms. The second-order valence-corrected chi connectivity index (χ2v) is 5.22. The van der Waals surface area contributed by atoms with Crippen molar-refractivity contribution >= 4 is 5.97 Å². The molecule has 1 aliphatic rings. The highest BCUT2D eigenvalue weighted by Gasteiger charge is 2.40. The Morgan fingerprint density at radius 2 is 2.00 bits per heavy atom. The van der Waals surface area contributed by atoms with Crippen LogP contribution in [-0.4, -0.2) is 29.3 Å². The number of hydrogen-bond donors (Lipinski definition) is 3. The van der Waals surface area contributed by atoms with Crippen molar-refractivity contribution in [2.75, 3.05) is 7.11 Å². The molecule has 0 bridgehead atoms. The number of carbonyl (C=O) groups is 1. The summed E-state index contributed by atoms with van der Waals surface area (Å²) in [6.07, 6.45) is 0.485. The molecule has 0 saturated carbocycles. The Morgan fingerprint density at radius 3 is 2.61 bits per heavy atom. The molecule has 2 rings (SSSR count). The van der Waals surface area contributed by atoms with Crippen LogP contribution in [0.4, 0.5) is 0 Å². The van der Waals surface area contributed by atoms with Gasteiger partial charge in [0.2, 0.25) is 0 Å². The number of benzene rings is 1. The van der Waals surface area contributed by atoms with Crippen molar-refractivity contribution < 1.29 is 25.1 Å². The van der Waals surface area contributed by atoms with Crippen LogP contribution < -0.4 is 5.32 Å². The lowest BCUT2D eigenvalue weighted by molar-refractivity contribution is -0.752. The fraction of sp³-hybridized carbons (Fsp3) is 0.462. The summed E-state index contributed by atoms with van der Waals surface area (Å²) < 4.78 is 4.77. The van der Waals surface area contributed by atoms with Crippen molar-refractivity contribution in [1.29, 1.82) is 0 Å². The van der Waals surface area contributed by atoms with Crippen LogP contribution >= 0.6 is 0 Å². The van der Waals surface area contributed by atoms with Crippen LogP contribution in [0.3, 0.4) is 0 Å². The average Bonchev–Trinajstić information content (AvgIpc) is 2.30. The van der Waals surface area contributed by atoms with E-state index >= 15 is 0 Å². The lowest BCUT2D eigenvalue weighted by Crippen LogP contribution is -3.01. The first-order valence-corrected chi connectivity index (χ1v) is 5.84. The molecule has 1 aromatic rings. The van der Waals surface area contributed by atoms with Gasteiger partial charge in [0.15, 0.2) is 17.5 Å². The number of nitrogens with two attached hydrogens (primary N) is 1. The highest BCUT2D eigenvalue weighted by molar-refractivity contribution is 5.75. The molecule has 98 valence electrons. The lowest BCUT2D eigenvalue weighted by atomic mass is 9.82. The van der Waals surface area contributed by atoms with Gasteiger partial charge in [0.25, 0.3) is 0 Å². The Hall–Kier alpha value is -1.75. The van der Waals surface area contributed by atoms with Crippen LogP contribution in [0.15, 0.2) is 12.1 Å². The molecule has 1 atom stereocenters. The monoisotopic (exact) mass is 252 g/mol. The fourth-order valence-electron chi connectivity index (χ4n) is 2.58. The molecule has 1 aliphatic heterocycles. The van der Waals surface area contributed by atoms with Gasteiger partial charge in [-0.1, -0.05) is 0 Å². The van der Waals surface area contributed by atoms with Crippen molar-refractivity contribution in [1.82, 2.24) is 0 Å². The summed E-state index contributed by atoms with van der Waals surface area (Å²) in [4.78, 5) is 11.7. The van der Waals surface area contributed by atoms with Crippen LogP contribution in [-0.2, 0) is 21.5 Å². The zero-order valence-corrected chi connectivity index (χ0v) is 10.7. The molecule has 0 saturated heterocycles. The molecule has 0 radical (unpaired) electrons. The van der Waals surface area contributed by atoms with Gasteiger partial charge in [-0.05, 0) is 31.5 Å². The van der Waals surface area contributed by atoms with E-state index in [9.17, 15) is 15.0 Å². The fourth-order valence-corrected chi connectivity index (χ4v) is 2.58. The van der Waals surface area contributed by atoms with E-state index in [0.717, 1.165) is 11.1 Å². The van der Waals surface area contributed by atoms with Gasteiger partial charge in [-0.15, -0.1) is 0 Å². The highest BCUT2D eigenvalue weighted by atomic mass is 16.5. The zero-order chi connectivity index (χ0) is 13.5. The number of quaternary nitrogens is 1. The van der Waals surface area contributed by atoms with Crippen LogP contribution in [0, 0.1) is 0 Å². The van der Waals surface area contributed by atoms with Crippen molar-refractivity contribution in [2.24, 2.45) is 0 Å². The number of ether oxygens (including phenoxy) is 1. The third kappa shape index (κ3) is 2.01. The second-order valence-electron chi connectivity index (χ2n) is 5.22. The molecule has 5 heteroatoms. The Bertz CT molecular complexity index is 496. The molecular formula is C13H18NO4+. The first-order chi connectivity index (χ1) is 8.35. The second kappa shape index (κ2) is 4.17. The summed E-state index contributed by atoms with van der Waals surface area (Å²) in [5.74, 6) is -0.567. The number of phenols is 2. The molecule has 0 fully saturated rings. The van der Waals surface area contributed by atoms with Crippen molar-refractivity contribution in [2.45, 2.75) is 31.8 Å². The maximum Gasteiger partial charge on any atom is 0.364 e. The Kier molecular flexibility index (Phi) is 2.94. The van der Waals surface area contributed by atoms with Gasteiger partial charge in [0.1, 0.15) is 5.54 Å². The van der Waals surface area contributed by atoms with Gasteiger partial charge < -0.3 is 20.3 Å². The first-order valence-electron chi connectivity index (χ1n) is 5.84. The molecule has 5 nitrogen and oxygen atoms in total. The average molecular weight is 252 g/mol. The number of methoxy groups -OCH3 is 1.